The second kappa shape index (κ2) is 6.99. The van der Waals surface area contributed by atoms with Crippen LogP contribution in [0.3, 0.4) is 0 Å². The van der Waals surface area contributed by atoms with Gasteiger partial charge in [0, 0.05) is 32.9 Å². The van der Waals surface area contributed by atoms with E-state index in [9.17, 15) is 8.42 Å². The van der Waals surface area contributed by atoms with Crippen LogP contribution in [0, 0.1) is 6.92 Å². The van der Waals surface area contributed by atoms with Crippen LogP contribution < -0.4 is 0 Å². The maximum atomic E-state index is 12.4. The van der Waals surface area contributed by atoms with Crippen LogP contribution in [0.2, 0.25) is 0 Å². The maximum Gasteiger partial charge on any atom is 0.262 e. The van der Waals surface area contributed by atoms with E-state index in [2.05, 4.69) is 4.98 Å². The highest BCUT2D eigenvalue weighted by Gasteiger charge is 2.26. The van der Waals surface area contributed by atoms with Crippen LogP contribution in [0.25, 0.3) is 0 Å². The number of ether oxygens (including phenoxy) is 1. The third-order valence-corrected chi connectivity index (χ3v) is 4.56. The molecule has 1 aromatic heterocycles. The summed E-state index contributed by atoms with van der Waals surface area (Å²) in [5.74, 6) is 0.650. The quantitative estimate of drug-likeness (QED) is 0.719. The lowest BCUT2D eigenvalue weighted by atomic mass is 10.6. The number of nitrogens with zero attached hydrogens (tertiary/aromatic N) is 3. The number of rotatable bonds is 8. The predicted molar refractivity (Wildman–Crippen MR) is 70.4 cm³/mol. The van der Waals surface area contributed by atoms with Gasteiger partial charge in [0.2, 0.25) is 0 Å². The number of hydrogen-bond donors (Lipinski definition) is 1. The first-order chi connectivity index (χ1) is 8.97. The summed E-state index contributed by atoms with van der Waals surface area (Å²) in [6.07, 6.45) is 1.52. The summed E-state index contributed by atoms with van der Waals surface area (Å²) in [4.78, 5) is 4.08. The molecule has 0 unspecified atom stereocenters. The van der Waals surface area contributed by atoms with Crippen molar-refractivity contribution in [3.05, 3.63) is 12.0 Å². The molecule has 0 aromatic carbocycles. The zero-order valence-corrected chi connectivity index (χ0v) is 12.4. The number of aliphatic hydroxyl groups is 1. The van der Waals surface area contributed by atoms with Gasteiger partial charge in [0.15, 0.2) is 5.03 Å². The fraction of sp³-hybridized carbons (Fsp3) is 0.727. The number of aromatic nitrogens is 2. The van der Waals surface area contributed by atoms with Crippen molar-refractivity contribution in [2.24, 2.45) is 0 Å². The van der Waals surface area contributed by atoms with Crippen molar-refractivity contribution in [2.75, 3.05) is 33.4 Å². The molecule has 8 heteroatoms. The summed E-state index contributed by atoms with van der Waals surface area (Å²) in [5.41, 5.74) is 0. The van der Waals surface area contributed by atoms with Gasteiger partial charge in [-0.2, -0.15) is 4.31 Å². The normalized spacial score (nSPS) is 12.3. The van der Waals surface area contributed by atoms with Crippen LogP contribution in [0.1, 0.15) is 12.7 Å². The summed E-state index contributed by atoms with van der Waals surface area (Å²) >= 11 is 0. The molecule has 0 amide bonds. The third kappa shape index (κ3) is 3.75. The minimum atomic E-state index is -3.69. The van der Waals surface area contributed by atoms with Gasteiger partial charge in [0.05, 0.1) is 13.2 Å². The number of hydrogen-bond acceptors (Lipinski definition) is 5. The first-order valence-corrected chi connectivity index (χ1v) is 7.55. The van der Waals surface area contributed by atoms with E-state index >= 15 is 0 Å². The van der Waals surface area contributed by atoms with Crippen LogP contribution in [0.15, 0.2) is 11.2 Å². The van der Waals surface area contributed by atoms with E-state index in [0.717, 1.165) is 0 Å². The molecular formula is C11H21N3O4S. The molecule has 7 nitrogen and oxygen atoms in total. The molecule has 1 aromatic rings. The van der Waals surface area contributed by atoms with E-state index in [1.165, 1.54) is 17.6 Å². The highest BCUT2D eigenvalue weighted by Crippen LogP contribution is 2.15. The van der Waals surface area contributed by atoms with Gasteiger partial charge in [-0.25, -0.2) is 13.4 Å². The zero-order valence-electron chi connectivity index (χ0n) is 11.5. The summed E-state index contributed by atoms with van der Waals surface area (Å²) in [5, 5.41) is 8.99. The van der Waals surface area contributed by atoms with E-state index in [-0.39, 0.29) is 31.3 Å². The molecule has 1 heterocycles. The summed E-state index contributed by atoms with van der Waals surface area (Å²) in [7, 11) is -2.19. The number of imidazole rings is 1. The molecule has 1 rings (SSSR count). The Bertz CT molecular complexity index is 498. The second-order valence-corrected chi connectivity index (χ2v) is 5.92. The largest absolute Gasteiger partial charge is 0.395 e. The fourth-order valence-corrected chi connectivity index (χ4v) is 3.12. The van der Waals surface area contributed by atoms with Crippen LogP contribution in [0.4, 0.5) is 0 Å². The minimum absolute atomic E-state index is 0.0106. The van der Waals surface area contributed by atoms with Gasteiger partial charge in [0.1, 0.15) is 5.82 Å². The van der Waals surface area contributed by atoms with Gasteiger partial charge in [-0.1, -0.05) is 0 Å². The molecule has 0 aliphatic heterocycles. The first-order valence-electron chi connectivity index (χ1n) is 6.11. The van der Waals surface area contributed by atoms with Crippen molar-refractivity contribution < 1.29 is 18.3 Å². The van der Waals surface area contributed by atoms with Crippen LogP contribution in [-0.2, 0) is 21.3 Å². The van der Waals surface area contributed by atoms with Crippen molar-refractivity contribution in [3.63, 3.8) is 0 Å². The summed E-state index contributed by atoms with van der Waals surface area (Å²) in [6, 6.07) is 0. The van der Waals surface area contributed by atoms with Gasteiger partial charge in [-0.05, 0) is 13.8 Å². The standard InChI is InChI=1S/C11H21N3O4S/c1-4-13-9-11(12-10(13)2)19(16,17)14(5-7-15)6-8-18-3/h9,15H,4-8H2,1-3H3. The molecule has 0 aliphatic carbocycles. The molecule has 1 N–H and O–H groups in total. The Morgan fingerprint density at radius 1 is 1.47 bits per heavy atom. The van der Waals surface area contributed by atoms with Crippen LogP contribution >= 0.6 is 0 Å². The van der Waals surface area contributed by atoms with E-state index in [0.29, 0.717) is 12.4 Å². The summed E-state index contributed by atoms with van der Waals surface area (Å²) in [6.45, 7) is 4.59. The van der Waals surface area contributed by atoms with E-state index < -0.39 is 10.0 Å². The van der Waals surface area contributed by atoms with Crippen molar-refractivity contribution in [3.8, 4) is 0 Å². The van der Waals surface area contributed by atoms with Crippen LogP contribution in [-0.4, -0.2) is 60.8 Å². The smallest absolute Gasteiger partial charge is 0.262 e. The van der Waals surface area contributed by atoms with Crippen molar-refractivity contribution in [1.29, 1.82) is 0 Å². The lowest BCUT2D eigenvalue weighted by Crippen LogP contribution is -2.36. The molecule has 0 aliphatic rings. The number of sulfonamides is 1. The Labute approximate surface area is 113 Å². The number of aliphatic hydroxyl groups excluding tert-OH is 1. The van der Waals surface area contributed by atoms with Crippen LogP contribution in [0.5, 0.6) is 0 Å². The maximum absolute atomic E-state index is 12.4. The molecule has 0 fully saturated rings. The Morgan fingerprint density at radius 2 is 2.16 bits per heavy atom. The molecule has 0 atom stereocenters. The minimum Gasteiger partial charge on any atom is -0.395 e. The topological polar surface area (TPSA) is 84.7 Å². The third-order valence-electron chi connectivity index (χ3n) is 2.79. The van der Waals surface area contributed by atoms with Gasteiger partial charge in [-0.3, -0.25) is 0 Å². The molecule has 0 radical (unpaired) electrons. The molecule has 0 spiro atoms. The number of aryl methyl sites for hydroxylation is 2. The number of methoxy groups -OCH3 is 1. The highest BCUT2D eigenvalue weighted by molar-refractivity contribution is 7.89. The molecule has 110 valence electrons. The predicted octanol–water partition coefficient (Wildman–Crippen LogP) is -0.159. The van der Waals surface area contributed by atoms with E-state index in [1.807, 2.05) is 6.92 Å². The van der Waals surface area contributed by atoms with E-state index in [4.69, 9.17) is 9.84 Å². The molecule has 0 bridgehead atoms. The Kier molecular flexibility index (Phi) is 5.92. The molecule has 19 heavy (non-hydrogen) atoms. The van der Waals surface area contributed by atoms with Crippen molar-refractivity contribution in [1.82, 2.24) is 13.9 Å². The van der Waals surface area contributed by atoms with Gasteiger partial charge in [0.25, 0.3) is 10.0 Å². The Balaban J connectivity index is 3.03. The van der Waals surface area contributed by atoms with Gasteiger partial charge >= 0.3 is 0 Å². The van der Waals surface area contributed by atoms with Crippen molar-refractivity contribution in [2.45, 2.75) is 25.4 Å². The Hall–Kier alpha value is -0.960. The fourth-order valence-electron chi connectivity index (χ4n) is 1.71. The van der Waals surface area contributed by atoms with Gasteiger partial charge in [-0.15, -0.1) is 0 Å². The van der Waals surface area contributed by atoms with Gasteiger partial charge < -0.3 is 14.4 Å². The average molecular weight is 291 g/mol. The molecule has 0 saturated heterocycles. The molecular weight excluding hydrogens is 270 g/mol. The summed E-state index contributed by atoms with van der Waals surface area (Å²) < 4.78 is 32.6. The van der Waals surface area contributed by atoms with Crippen molar-refractivity contribution >= 4 is 10.0 Å². The second-order valence-electron chi connectivity index (χ2n) is 4.03. The molecule has 0 saturated carbocycles. The SMILES string of the molecule is CCn1cc(S(=O)(=O)N(CCO)CCOC)nc1C. The first kappa shape index (κ1) is 16.1. The van der Waals surface area contributed by atoms with E-state index in [1.54, 1.807) is 11.5 Å². The highest BCUT2D eigenvalue weighted by atomic mass is 32.2. The Morgan fingerprint density at radius 3 is 2.63 bits per heavy atom. The monoisotopic (exact) mass is 291 g/mol. The zero-order chi connectivity index (χ0) is 14.5. The lowest BCUT2D eigenvalue weighted by molar-refractivity contribution is 0.168. The lowest BCUT2D eigenvalue weighted by Gasteiger charge is -2.19. The average Bonchev–Trinajstić information content (AvgIpc) is 2.76.